The molecular weight excluding hydrogens is 468 g/mol. The molecule has 0 spiro atoms. The molecule has 2 unspecified atom stereocenters. The van der Waals surface area contributed by atoms with Crippen molar-refractivity contribution in [3.8, 4) is 11.1 Å². The van der Waals surface area contributed by atoms with Gasteiger partial charge in [0.25, 0.3) is 0 Å². The van der Waals surface area contributed by atoms with Gasteiger partial charge in [-0.2, -0.15) is 0 Å². The van der Waals surface area contributed by atoms with Crippen LogP contribution in [-0.4, -0.2) is 0 Å². The molecule has 0 N–H and O–H groups in total. The van der Waals surface area contributed by atoms with E-state index < -0.39 is 0 Å². The lowest BCUT2D eigenvalue weighted by atomic mass is 9.54. The molecule has 0 fully saturated rings. The van der Waals surface area contributed by atoms with E-state index in [1.165, 1.54) is 39.8 Å². The van der Waals surface area contributed by atoms with Crippen molar-refractivity contribution in [3.63, 3.8) is 0 Å². The van der Waals surface area contributed by atoms with E-state index in [1.807, 2.05) is 0 Å². The van der Waals surface area contributed by atoms with Crippen molar-refractivity contribution in [2.24, 2.45) is 22.2 Å². The van der Waals surface area contributed by atoms with E-state index in [-0.39, 0.29) is 27.1 Å². The highest BCUT2D eigenvalue weighted by Gasteiger charge is 2.58. The highest BCUT2D eigenvalue weighted by Crippen LogP contribution is 2.69. The number of hydrogen-bond donors (Lipinski definition) is 0. The lowest BCUT2D eigenvalue weighted by molar-refractivity contribution is 0.122. The van der Waals surface area contributed by atoms with Crippen LogP contribution in [-0.2, 0) is 10.8 Å². The molecule has 0 saturated heterocycles. The quantitative estimate of drug-likeness (QED) is 0.349. The normalized spacial score (nSPS) is 23.5. The molecule has 39 heavy (non-hydrogen) atoms. The molecule has 210 valence electrons. The van der Waals surface area contributed by atoms with Gasteiger partial charge in [-0.1, -0.05) is 120 Å². The zero-order valence-corrected chi connectivity index (χ0v) is 27.5. The summed E-state index contributed by atoms with van der Waals surface area (Å²) >= 11 is 0. The van der Waals surface area contributed by atoms with Crippen LogP contribution < -0.4 is 0 Å². The third-order valence-corrected chi connectivity index (χ3v) is 10.6. The summed E-state index contributed by atoms with van der Waals surface area (Å²) < 4.78 is 0. The van der Waals surface area contributed by atoms with Crippen molar-refractivity contribution in [3.05, 3.63) is 80.9 Å². The van der Waals surface area contributed by atoms with Crippen LogP contribution in [0.25, 0.3) is 11.1 Å². The maximum atomic E-state index is 2.72. The molecular formula is C39H54. The Morgan fingerprint density at radius 3 is 1.51 bits per heavy atom. The molecule has 0 amide bonds. The van der Waals surface area contributed by atoms with Gasteiger partial charge in [0.2, 0.25) is 0 Å². The highest BCUT2D eigenvalue weighted by atomic mass is 14.6. The fraction of sp³-hybridized carbons (Fsp3) is 0.590. The molecule has 0 aliphatic heterocycles. The van der Waals surface area contributed by atoms with Crippen LogP contribution in [0.5, 0.6) is 0 Å². The van der Waals surface area contributed by atoms with Gasteiger partial charge in [0.1, 0.15) is 0 Å². The topological polar surface area (TPSA) is 0 Å². The number of aryl methyl sites for hydroxylation is 2. The van der Waals surface area contributed by atoms with Crippen molar-refractivity contribution in [2.45, 2.75) is 127 Å². The van der Waals surface area contributed by atoms with Crippen LogP contribution >= 0.6 is 0 Å². The largest absolute Gasteiger partial charge is 0.0801 e. The Balaban J connectivity index is 1.85. The zero-order chi connectivity index (χ0) is 29.1. The van der Waals surface area contributed by atoms with Gasteiger partial charge in [-0.25, -0.2) is 0 Å². The lowest BCUT2D eigenvalue weighted by Gasteiger charge is -2.49. The number of allylic oxidation sites excluding steroid dienone is 4. The summed E-state index contributed by atoms with van der Waals surface area (Å²) in [7, 11) is 0. The first kappa shape index (κ1) is 28.4. The molecule has 3 aliphatic carbocycles. The SMILES string of the molecule is Cc1cc2c(cc1C(C)(C)C)-c1cc(C(C)(C)C)c(C)cc1C2C1(C(C)(C)C)CC=C2CC(C(C)(C)C)C=C21. The molecule has 2 atom stereocenters. The molecule has 2 aromatic rings. The average Bonchev–Trinajstić information content (AvgIpc) is 3.40. The van der Waals surface area contributed by atoms with Gasteiger partial charge in [0.15, 0.2) is 0 Å². The maximum Gasteiger partial charge on any atom is 0.0207 e. The highest BCUT2D eigenvalue weighted by molar-refractivity contribution is 5.83. The van der Waals surface area contributed by atoms with Crippen molar-refractivity contribution < 1.29 is 0 Å². The first-order chi connectivity index (χ1) is 17.7. The Morgan fingerprint density at radius 1 is 0.667 bits per heavy atom. The second-order valence-corrected chi connectivity index (χ2v) is 17.4. The Morgan fingerprint density at radius 2 is 1.13 bits per heavy atom. The van der Waals surface area contributed by atoms with Crippen LogP contribution in [0.1, 0.15) is 135 Å². The van der Waals surface area contributed by atoms with Crippen LogP contribution in [0.3, 0.4) is 0 Å². The minimum absolute atomic E-state index is 0.0493. The minimum atomic E-state index is 0.0493. The van der Waals surface area contributed by atoms with Crippen molar-refractivity contribution in [1.82, 2.24) is 0 Å². The van der Waals surface area contributed by atoms with Gasteiger partial charge in [0.05, 0.1) is 0 Å². The minimum Gasteiger partial charge on any atom is -0.0801 e. The van der Waals surface area contributed by atoms with Gasteiger partial charge in [-0.15, -0.1) is 0 Å². The van der Waals surface area contributed by atoms with Gasteiger partial charge >= 0.3 is 0 Å². The second-order valence-electron chi connectivity index (χ2n) is 17.4. The summed E-state index contributed by atoms with van der Waals surface area (Å²) in [6.45, 7) is 33.7. The first-order valence-corrected chi connectivity index (χ1v) is 15.4. The lowest BCUT2D eigenvalue weighted by Crippen LogP contribution is -2.41. The molecule has 0 radical (unpaired) electrons. The smallest absolute Gasteiger partial charge is 0.0207 e. The van der Waals surface area contributed by atoms with Crippen molar-refractivity contribution in [1.29, 1.82) is 0 Å². The van der Waals surface area contributed by atoms with Gasteiger partial charge in [0, 0.05) is 11.3 Å². The maximum absolute atomic E-state index is 2.72. The van der Waals surface area contributed by atoms with Crippen molar-refractivity contribution >= 4 is 0 Å². The van der Waals surface area contributed by atoms with E-state index in [2.05, 4.69) is 133 Å². The van der Waals surface area contributed by atoms with E-state index >= 15 is 0 Å². The number of hydrogen-bond acceptors (Lipinski definition) is 0. The monoisotopic (exact) mass is 522 g/mol. The summed E-state index contributed by atoms with van der Waals surface area (Å²) in [5.74, 6) is 0.970. The Kier molecular flexibility index (Phi) is 6.18. The fourth-order valence-electron chi connectivity index (χ4n) is 8.43. The Hall–Kier alpha value is -2.08. The standard InChI is InChI=1S/C39H54/c1-23-17-29-27(21-31(23)36(6,7)8)28-22-32(37(9,10)11)24(2)18-30(28)34(29)39(38(12,13)14)16-15-25-19-26(20-33(25)39)35(3,4)5/h15,17-18,20-22,26,34H,16,19H2,1-14H3. The van der Waals surface area contributed by atoms with Crippen LogP contribution in [0, 0.1) is 36.0 Å². The average molecular weight is 523 g/mol. The second kappa shape index (κ2) is 8.47. The molecule has 5 rings (SSSR count). The molecule has 0 nitrogen and oxygen atoms in total. The van der Waals surface area contributed by atoms with Gasteiger partial charge < -0.3 is 0 Å². The molecule has 0 heterocycles. The Labute approximate surface area is 240 Å². The molecule has 0 saturated carbocycles. The predicted molar refractivity (Wildman–Crippen MR) is 171 cm³/mol. The number of rotatable bonds is 1. The predicted octanol–water partition coefficient (Wildman–Crippen LogP) is 11.4. The molecule has 3 aliphatic rings. The number of benzene rings is 2. The van der Waals surface area contributed by atoms with E-state index in [9.17, 15) is 0 Å². The van der Waals surface area contributed by atoms with Gasteiger partial charge in [-0.05, 0) is 110 Å². The summed E-state index contributed by atoms with van der Waals surface area (Å²) in [5.41, 5.74) is 15.9. The molecule has 0 heteroatoms. The third kappa shape index (κ3) is 4.22. The van der Waals surface area contributed by atoms with E-state index in [0.717, 1.165) is 6.42 Å². The first-order valence-electron chi connectivity index (χ1n) is 15.4. The molecule has 0 aromatic heterocycles. The third-order valence-electron chi connectivity index (χ3n) is 10.6. The van der Waals surface area contributed by atoms with E-state index in [1.54, 1.807) is 22.3 Å². The molecule has 0 bridgehead atoms. The van der Waals surface area contributed by atoms with Gasteiger partial charge in [-0.3, -0.25) is 0 Å². The summed E-state index contributed by atoms with van der Waals surface area (Å²) in [6.07, 6.45) is 7.69. The van der Waals surface area contributed by atoms with Crippen molar-refractivity contribution in [2.75, 3.05) is 0 Å². The fourth-order valence-corrected chi connectivity index (χ4v) is 8.43. The number of fused-ring (bicyclic) bond motifs is 4. The van der Waals surface area contributed by atoms with Crippen LogP contribution in [0.2, 0.25) is 0 Å². The van der Waals surface area contributed by atoms with E-state index in [0.29, 0.717) is 11.8 Å². The zero-order valence-electron chi connectivity index (χ0n) is 27.5. The van der Waals surface area contributed by atoms with Crippen LogP contribution in [0.15, 0.2) is 47.6 Å². The summed E-state index contributed by atoms with van der Waals surface area (Å²) in [6, 6.07) is 10.3. The Bertz CT molecular complexity index is 1320. The van der Waals surface area contributed by atoms with E-state index in [4.69, 9.17) is 0 Å². The summed E-state index contributed by atoms with van der Waals surface area (Å²) in [4.78, 5) is 0. The molecule has 2 aromatic carbocycles. The van der Waals surface area contributed by atoms with Crippen LogP contribution in [0.4, 0.5) is 0 Å². The summed E-state index contributed by atoms with van der Waals surface area (Å²) in [5, 5.41) is 0.